The number of hydrogen-bond acceptors (Lipinski definition) is 5. The summed E-state index contributed by atoms with van der Waals surface area (Å²) in [6, 6.07) is 4.86. The van der Waals surface area contributed by atoms with Gasteiger partial charge in [-0.2, -0.15) is 0 Å². The third-order valence-electron chi connectivity index (χ3n) is 1.90. The lowest BCUT2D eigenvalue weighted by Gasteiger charge is -2.03. The molecule has 0 spiro atoms. The van der Waals surface area contributed by atoms with Gasteiger partial charge in [0, 0.05) is 16.1 Å². The van der Waals surface area contributed by atoms with Crippen LogP contribution >= 0.6 is 11.8 Å². The van der Waals surface area contributed by atoms with Crippen molar-refractivity contribution in [2.45, 2.75) is 10.1 Å². The Morgan fingerprint density at radius 2 is 2.25 bits per heavy atom. The number of anilines is 1. The van der Waals surface area contributed by atoms with Crippen molar-refractivity contribution in [3.63, 3.8) is 0 Å². The molecule has 0 saturated carbocycles. The van der Waals surface area contributed by atoms with E-state index in [4.69, 9.17) is 15.9 Å². The SMILES string of the molecule is NC(=O)c1ccc(Sc2ncco2)c(N)c1. The highest BCUT2D eigenvalue weighted by atomic mass is 32.2. The van der Waals surface area contributed by atoms with Crippen LogP contribution in [0.4, 0.5) is 5.69 Å². The number of benzene rings is 1. The van der Waals surface area contributed by atoms with Gasteiger partial charge in [0.25, 0.3) is 5.22 Å². The van der Waals surface area contributed by atoms with Crippen LogP contribution in [0.5, 0.6) is 0 Å². The Hall–Kier alpha value is -1.95. The van der Waals surface area contributed by atoms with E-state index in [1.54, 1.807) is 18.3 Å². The summed E-state index contributed by atoms with van der Waals surface area (Å²) < 4.78 is 5.07. The molecule has 0 fully saturated rings. The zero-order chi connectivity index (χ0) is 11.5. The number of amides is 1. The number of carbonyl (C=O) groups excluding carboxylic acids is 1. The van der Waals surface area contributed by atoms with Gasteiger partial charge in [0.15, 0.2) is 0 Å². The molecule has 1 aromatic carbocycles. The molecule has 6 heteroatoms. The lowest BCUT2D eigenvalue weighted by Crippen LogP contribution is -2.11. The standard InChI is InChI=1S/C10H9N3O2S/c11-7-5-6(9(12)14)1-2-8(7)16-10-13-3-4-15-10/h1-5H,11H2,(H2,12,14). The topological polar surface area (TPSA) is 95.1 Å². The molecule has 0 unspecified atom stereocenters. The second-order valence-electron chi connectivity index (χ2n) is 3.02. The molecular formula is C10H9N3O2S. The molecule has 1 heterocycles. The first-order valence-corrected chi connectivity index (χ1v) is 5.25. The van der Waals surface area contributed by atoms with E-state index < -0.39 is 5.91 Å². The van der Waals surface area contributed by atoms with Gasteiger partial charge in [0.2, 0.25) is 5.91 Å². The first kappa shape index (κ1) is 10.6. The van der Waals surface area contributed by atoms with Crippen LogP contribution in [0.1, 0.15) is 10.4 Å². The summed E-state index contributed by atoms with van der Waals surface area (Å²) in [5.41, 5.74) is 11.8. The van der Waals surface area contributed by atoms with Crippen LogP contribution in [0.2, 0.25) is 0 Å². The first-order valence-electron chi connectivity index (χ1n) is 4.43. The van der Waals surface area contributed by atoms with E-state index in [-0.39, 0.29) is 0 Å². The molecule has 0 bridgehead atoms. The van der Waals surface area contributed by atoms with Crippen LogP contribution in [0.3, 0.4) is 0 Å². The molecule has 1 amide bonds. The molecule has 2 aromatic rings. The van der Waals surface area contributed by atoms with E-state index in [1.807, 2.05) is 0 Å². The molecule has 0 atom stereocenters. The Kier molecular flexibility index (Phi) is 2.82. The minimum Gasteiger partial charge on any atom is -0.440 e. The quantitative estimate of drug-likeness (QED) is 0.786. The second kappa shape index (κ2) is 4.28. The summed E-state index contributed by atoms with van der Waals surface area (Å²) in [5, 5.41) is 0.499. The molecule has 2 rings (SSSR count). The van der Waals surface area contributed by atoms with Crippen molar-refractivity contribution in [2.24, 2.45) is 5.73 Å². The van der Waals surface area contributed by atoms with E-state index in [2.05, 4.69) is 4.98 Å². The summed E-state index contributed by atoms with van der Waals surface area (Å²) in [6.45, 7) is 0. The molecule has 0 aliphatic rings. The fraction of sp³-hybridized carbons (Fsp3) is 0. The third-order valence-corrected chi connectivity index (χ3v) is 2.87. The number of primary amides is 1. The Labute approximate surface area is 95.8 Å². The van der Waals surface area contributed by atoms with E-state index in [0.717, 1.165) is 4.90 Å². The highest BCUT2D eigenvalue weighted by Crippen LogP contribution is 2.31. The minimum atomic E-state index is -0.501. The normalized spacial score (nSPS) is 10.2. The van der Waals surface area contributed by atoms with Crippen LogP contribution in [-0.2, 0) is 0 Å². The molecule has 0 aliphatic heterocycles. The molecule has 1 aromatic heterocycles. The highest BCUT2D eigenvalue weighted by Gasteiger charge is 2.08. The number of aromatic nitrogens is 1. The summed E-state index contributed by atoms with van der Waals surface area (Å²) in [5.74, 6) is -0.501. The van der Waals surface area contributed by atoms with Crippen molar-refractivity contribution in [1.29, 1.82) is 0 Å². The fourth-order valence-electron chi connectivity index (χ4n) is 1.15. The highest BCUT2D eigenvalue weighted by molar-refractivity contribution is 7.99. The van der Waals surface area contributed by atoms with Crippen molar-refractivity contribution in [1.82, 2.24) is 4.98 Å². The average molecular weight is 235 g/mol. The molecule has 0 radical (unpaired) electrons. The van der Waals surface area contributed by atoms with Crippen LogP contribution < -0.4 is 11.5 Å². The van der Waals surface area contributed by atoms with Crippen molar-refractivity contribution in [3.8, 4) is 0 Å². The maximum Gasteiger partial charge on any atom is 0.260 e. The number of hydrogen-bond donors (Lipinski definition) is 2. The average Bonchev–Trinajstić information content (AvgIpc) is 2.73. The Morgan fingerprint density at radius 1 is 1.44 bits per heavy atom. The van der Waals surface area contributed by atoms with E-state index in [0.29, 0.717) is 16.5 Å². The van der Waals surface area contributed by atoms with Gasteiger partial charge < -0.3 is 15.9 Å². The predicted molar refractivity (Wildman–Crippen MR) is 60.0 cm³/mol. The van der Waals surface area contributed by atoms with Crippen molar-refractivity contribution >= 4 is 23.4 Å². The Balaban J connectivity index is 2.26. The fourth-order valence-corrected chi connectivity index (χ4v) is 1.87. The number of nitrogens with zero attached hydrogens (tertiary/aromatic N) is 1. The molecule has 16 heavy (non-hydrogen) atoms. The van der Waals surface area contributed by atoms with Gasteiger partial charge in [-0.05, 0) is 30.0 Å². The third kappa shape index (κ3) is 2.17. The van der Waals surface area contributed by atoms with E-state index in [1.165, 1.54) is 24.1 Å². The molecule has 5 nitrogen and oxygen atoms in total. The summed E-state index contributed by atoms with van der Waals surface area (Å²) >= 11 is 1.29. The largest absolute Gasteiger partial charge is 0.440 e. The summed E-state index contributed by atoms with van der Waals surface area (Å²) in [6.07, 6.45) is 3.03. The van der Waals surface area contributed by atoms with Crippen LogP contribution in [0.15, 0.2) is 45.2 Å². The smallest absolute Gasteiger partial charge is 0.260 e. The second-order valence-corrected chi connectivity index (χ2v) is 4.01. The first-order chi connectivity index (χ1) is 7.66. The number of nitrogens with two attached hydrogens (primary N) is 2. The van der Waals surface area contributed by atoms with Crippen LogP contribution in [0.25, 0.3) is 0 Å². The lowest BCUT2D eigenvalue weighted by atomic mass is 10.2. The lowest BCUT2D eigenvalue weighted by molar-refractivity contribution is 0.100. The van der Waals surface area contributed by atoms with Crippen molar-refractivity contribution in [3.05, 3.63) is 36.2 Å². The maximum atomic E-state index is 10.9. The van der Waals surface area contributed by atoms with Gasteiger partial charge in [-0.15, -0.1) is 0 Å². The van der Waals surface area contributed by atoms with Gasteiger partial charge in [-0.25, -0.2) is 4.98 Å². The summed E-state index contributed by atoms with van der Waals surface area (Å²) in [7, 11) is 0. The summed E-state index contributed by atoms with van der Waals surface area (Å²) in [4.78, 5) is 15.6. The Bertz CT molecular complexity index is 511. The zero-order valence-corrected chi connectivity index (χ0v) is 9.03. The Morgan fingerprint density at radius 3 is 2.81 bits per heavy atom. The predicted octanol–water partition coefficient (Wildman–Crippen LogP) is 1.51. The van der Waals surface area contributed by atoms with Crippen molar-refractivity contribution in [2.75, 3.05) is 5.73 Å². The monoisotopic (exact) mass is 235 g/mol. The minimum absolute atomic E-state index is 0.384. The molecule has 0 aliphatic carbocycles. The maximum absolute atomic E-state index is 10.9. The van der Waals surface area contributed by atoms with Gasteiger partial charge in [0.1, 0.15) is 6.26 Å². The number of rotatable bonds is 3. The molecule has 4 N–H and O–H groups in total. The molecular weight excluding hydrogens is 226 g/mol. The molecule has 82 valence electrons. The number of carbonyl (C=O) groups is 1. The number of oxazole rings is 1. The van der Waals surface area contributed by atoms with Crippen LogP contribution in [-0.4, -0.2) is 10.9 Å². The van der Waals surface area contributed by atoms with Gasteiger partial charge in [-0.1, -0.05) is 0 Å². The van der Waals surface area contributed by atoms with E-state index >= 15 is 0 Å². The van der Waals surface area contributed by atoms with Crippen LogP contribution in [0, 0.1) is 0 Å². The van der Waals surface area contributed by atoms with E-state index in [9.17, 15) is 4.79 Å². The molecule has 0 saturated heterocycles. The van der Waals surface area contributed by atoms with Gasteiger partial charge in [0.05, 0.1) is 6.20 Å². The van der Waals surface area contributed by atoms with Gasteiger partial charge in [-0.3, -0.25) is 4.79 Å². The zero-order valence-electron chi connectivity index (χ0n) is 8.21. The van der Waals surface area contributed by atoms with Crippen molar-refractivity contribution < 1.29 is 9.21 Å². The van der Waals surface area contributed by atoms with Gasteiger partial charge >= 0.3 is 0 Å². The number of nitrogen functional groups attached to an aromatic ring is 1.